The lowest BCUT2D eigenvalue weighted by Gasteiger charge is -2.12. The SMILES string of the molecule is COc1ccc(S(=O)(=O)NNC(=O)c2cc(-c3cn(C)cn3)cc(Cl)c2F)c(F)c1O. The number of hydrogen-bond acceptors (Lipinski definition) is 6. The van der Waals surface area contributed by atoms with E-state index in [2.05, 4.69) is 9.72 Å². The molecule has 1 amide bonds. The van der Waals surface area contributed by atoms with Gasteiger partial charge in [0.1, 0.15) is 4.90 Å². The van der Waals surface area contributed by atoms with Crippen LogP contribution in [0.4, 0.5) is 8.78 Å². The van der Waals surface area contributed by atoms with Crippen LogP contribution in [-0.2, 0) is 17.1 Å². The summed E-state index contributed by atoms with van der Waals surface area (Å²) in [6.07, 6.45) is 3.09. The predicted octanol–water partition coefficient (Wildman–Crippen LogP) is 2.36. The quantitative estimate of drug-likeness (QED) is 0.473. The summed E-state index contributed by atoms with van der Waals surface area (Å²) in [4.78, 5) is 17.2. The number of benzene rings is 2. The number of amides is 1. The third-order valence-electron chi connectivity index (χ3n) is 4.13. The summed E-state index contributed by atoms with van der Waals surface area (Å²) >= 11 is 5.86. The number of nitrogens with zero attached hydrogens (tertiary/aromatic N) is 2. The number of aromatic hydroxyl groups is 1. The Morgan fingerprint density at radius 3 is 2.58 bits per heavy atom. The Labute approximate surface area is 180 Å². The molecule has 0 atom stereocenters. The summed E-state index contributed by atoms with van der Waals surface area (Å²) in [5.74, 6) is -5.10. The molecule has 0 aliphatic carbocycles. The summed E-state index contributed by atoms with van der Waals surface area (Å²) in [5, 5.41) is 9.27. The predicted molar refractivity (Wildman–Crippen MR) is 106 cm³/mol. The molecule has 9 nitrogen and oxygen atoms in total. The largest absolute Gasteiger partial charge is 0.502 e. The number of aryl methyl sites for hydroxylation is 1. The lowest BCUT2D eigenvalue weighted by atomic mass is 10.1. The molecule has 0 spiro atoms. The lowest BCUT2D eigenvalue weighted by Crippen LogP contribution is -2.42. The number of hydrazine groups is 1. The highest BCUT2D eigenvalue weighted by Crippen LogP contribution is 2.32. The zero-order valence-electron chi connectivity index (χ0n) is 16.0. The molecule has 0 bridgehead atoms. The molecule has 164 valence electrons. The van der Waals surface area contributed by atoms with E-state index in [1.165, 1.54) is 12.4 Å². The van der Waals surface area contributed by atoms with Crippen molar-refractivity contribution in [2.24, 2.45) is 7.05 Å². The fourth-order valence-electron chi connectivity index (χ4n) is 2.60. The van der Waals surface area contributed by atoms with E-state index in [0.717, 1.165) is 25.3 Å². The van der Waals surface area contributed by atoms with Gasteiger partial charge in [-0.2, -0.15) is 0 Å². The molecular formula is C18H15ClF2N4O5S. The van der Waals surface area contributed by atoms with Crippen molar-refractivity contribution in [3.05, 3.63) is 59.0 Å². The number of imidazole rings is 1. The standard InChI is InChI=1S/C18H15ClF2N4O5S/c1-25-7-12(22-8-25)9-5-10(15(20)11(19)6-9)18(27)23-24-31(28,29)14-4-3-13(30-2)17(26)16(14)21/h3-8,24,26H,1-2H3,(H,23,27). The molecule has 0 radical (unpaired) electrons. The van der Waals surface area contributed by atoms with Crippen LogP contribution in [0.25, 0.3) is 11.3 Å². The molecule has 0 aliphatic rings. The number of methoxy groups -OCH3 is 1. The fourth-order valence-corrected chi connectivity index (χ4v) is 3.74. The highest BCUT2D eigenvalue weighted by molar-refractivity contribution is 7.89. The number of rotatable bonds is 6. The molecule has 0 saturated heterocycles. The number of aromatic nitrogens is 2. The van der Waals surface area contributed by atoms with Crippen LogP contribution in [0.2, 0.25) is 5.02 Å². The molecule has 13 heteroatoms. The van der Waals surface area contributed by atoms with Crippen molar-refractivity contribution in [3.8, 4) is 22.8 Å². The molecule has 1 heterocycles. The van der Waals surface area contributed by atoms with E-state index >= 15 is 0 Å². The van der Waals surface area contributed by atoms with Gasteiger partial charge in [-0.3, -0.25) is 10.2 Å². The van der Waals surface area contributed by atoms with Crippen LogP contribution in [0.5, 0.6) is 11.5 Å². The van der Waals surface area contributed by atoms with Crippen molar-refractivity contribution in [2.75, 3.05) is 7.11 Å². The second-order valence-corrected chi connectivity index (χ2v) is 8.29. The number of ether oxygens (including phenoxy) is 1. The Hall–Kier alpha value is -3.22. The van der Waals surface area contributed by atoms with Gasteiger partial charge >= 0.3 is 0 Å². The first-order chi connectivity index (χ1) is 14.5. The van der Waals surface area contributed by atoms with Crippen molar-refractivity contribution in [1.82, 2.24) is 19.8 Å². The minimum absolute atomic E-state index is 0.288. The van der Waals surface area contributed by atoms with Gasteiger partial charge < -0.3 is 14.4 Å². The summed E-state index contributed by atoms with van der Waals surface area (Å²) in [6, 6.07) is 4.23. The monoisotopic (exact) mass is 472 g/mol. The summed E-state index contributed by atoms with van der Waals surface area (Å²) < 4.78 is 59.6. The molecule has 1 aromatic heterocycles. The van der Waals surface area contributed by atoms with E-state index in [-0.39, 0.29) is 10.8 Å². The lowest BCUT2D eigenvalue weighted by molar-refractivity contribution is 0.0941. The Morgan fingerprint density at radius 1 is 1.26 bits per heavy atom. The number of halogens is 3. The van der Waals surface area contributed by atoms with Gasteiger partial charge in [0.15, 0.2) is 23.1 Å². The van der Waals surface area contributed by atoms with Crippen LogP contribution in [-0.4, -0.2) is 36.1 Å². The Kier molecular flexibility index (Phi) is 6.15. The number of carbonyl (C=O) groups is 1. The van der Waals surface area contributed by atoms with Crippen LogP contribution in [0, 0.1) is 11.6 Å². The van der Waals surface area contributed by atoms with Crippen LogP contribution < -0.4 is 15.0 Å². The molecule has 0 fully saturated rings. The number of sulfonamides is 1. The van der Waals surface area contributed by atoms with Gasteiger partial charge in [0.25, 0.3) is 15.9 Å². The van der Waals surface area contributed by atoms with Crippen molar-refractivity contribution in [1.29, 1.82) is 0 Å². The summed E-state index contributed by atoms with van der Waals surface area (Å²) in [7, 11) is -1.81. The van der Waals surface area contributed by atoms with Gasteiger partial charge in [-0.15, -0.1) is 4.83 Å². The maximum absolute atomic E-state index is 14.4. The third kappa shape index (κ3) is 4.45. The molecule has 31 heavy (non-hydrogen) atoms. The van der Waals surface area contributed by atoms with Crippen LogP contribution >= 0.6 is 11.6 Å². The highest BCUT2D eigenvalue weighted by atomic mass is 35.5. The summed E-state index contributed by atoms with van der Waals surface area (Å²) in [6.45, 7) is 0. The zero-order valence-corrected chi connectivity index (χ0v) is 17.6. The fraction of sp³-hybridized carbons (Fsp3) is 0.111. The molecule has 2 aromatic carbocycles. The molecule has 3 rings (SSSR count). The maximum atomic E-state index is 14.4. The minimum Gasteiger partial charge on any atom is -0.502 e. The number of hydrogen-bond donors (Lipinski definition) is 3. The smallest absolute Gasteiger partial charge is 0.269 e. The minimum atomic E-state index is -4.67. The normalized spacial score (nSPS) is 11.4. The van der Waals surface area contributed by atoms with Gasteiger partial charge in [-0.25, -0.2) is 22.2 Å². The number of phenols is 1. The van der Waals surface area contributed by atoms with E-state index in [1.807, 2.05) is 0 Å². The number of phenolic OH excluding ortho intramolecular Hbond substituents is 1. The van der Waals surface area contributed by atoms with E-state index in [1.54, 1.807) is 28.1 Å². The molecule has 3 N–H and O–H groups in total. The second-order valence-electron chi connectivity index (χ2n) is 6.23. The Bertz CT molecular complexity index is 1280. The van der Waals surface area contributed by atoms with Crippen LogP contribution in [0.15, 0.2) is 41.7 Å². The van der Waals surface area contributed by atoms with E-state index in [4.69, 9.17) is 11.6 Å². The van der Waals surface area contributed by atoms with Crippen LogP contribution in [0.1, 0.15) is 10.4 Å². The highest BCUT2D eigenvalue weighted by Gasteiger charge is 2.25. The topological polar surface area (TPSA) is 123 Å². The van der Waals surface area contributed by atoms with Gasteiger partial charge in [0.2, 0.25) is 0 Å². The molecule has 3 aromatic rings. The molecular weight excluding hydrogens is 458 g/mol. The average Bonchev–Trinajstić information content (AvgIpc) is 3.16. The summed E-state index contributed by atoms with van der Waals surface area (Å²) in [5.41, 5.74) is 1.92. The third-order valence-corrected chi connectivity index (χ3v) is 5.67. The molecule has 0 unspecified atom stereocenters. The van der Waals surface area contributed by atoms with Gasteiger partial charge in [0.05, 0.1) is 29.7 Å². The van der Waals surface area contributed by atoms with Gasteiger partial charge in [0, 0.05) is 18.8 Å². The number of carbonyl (C=O) groups excluding carboxylic acids is 1. The van der Waals surface area contributed by atoms with Gasteiger partial charge in [-0.05, 0) is 24.3 Å². The first-order valence-corrected chi connectivity index (χ1v) is 10.3. The first kappa shape index (κ1) is 22.5. The number of nitrogens with one attached hydrogen (secondary N) is 2. The van der Waals surface area contributed by atoms with Crippen molar-refractivity contribution < 1.29 is 31.8 Å². The molecule has 0 saturated carbocycles. The average molecular weight is 473 g/mol. The maximum Gasteiger partial charge on any atom is 0.269 e. The Balaban J connectivity index is 1.87. The van der Waals surface area contributed by atoms with Crippen molar-refractivity contribution >= 4 is 27.5 Å². The van der Waals surface area contributed by atoms with E-state index in [0.29, 0.717) is 11.3 Å². The molecule has 0 aliphatic heterocycles. The zero-order chi connectivity index (χ0) is 22.9. The Morgan fingerprint density at radius 2 is 1.97 bits per heavy atom. The van der Waals surface area contributed by atoms with Crippen molar-refractivity contribution in [2.45, 2.75) is 4.90 Å². The first-order valence-electron chi connectivity index (χ1n) is 8.40. The van der Waals surface area contributed by atoms with Crippen molar-refractivity contribution in [3.63, 3.8) is 0 Å². The second kappa shape index (κ2) is 8.49. The van der Waals surface area contributed by atoms with E-state index < -0.39 is 43.8 Å². The van der Waals surface area contributed by atoms with Crippen LogP contribution in [0.3, 0.4) is 0 Å². The van der Waals surface area contributed by atoms with Gasteiger partial charge in [-0.1, -0.05) is 11.6 Å². The van der Waals surface area contributed by atoms with E-state index in [9.17, 15) is 27.1 Å².